The highest BCUT2D eigenvalue weighted by Gasteiger charge is 2.48. The van der Waals surface area contributed by atoms with Gasteiger partial charge in [0.25, 0.3) is 11.8 Å². The van der Waals surface area contributed by atoms with Crippen LogP contribution >= 0.6 is 0 Å². The smallest absolute Gasteiger partial charge is 0.262 e. The molecule has 7 rings (SSSR count). The lowest BCUT2D eigenvalue weighted by atomic mass is 9.62. The molecule has 1 spiro atoms. The van der Waals surface area contributed by atoms with Gasteiger partial charge in [0.1, 0.15) is 23.3 Å². The number of rotatable bonds is 15. The number of methoxy groups -OCH3 is 1. The van der Waals surface area contributed by atoms with E-state index >= 15 is 0 Å². The van der Waals surface area contributed by atoms with Crippen LogP contribution in [0.1, 0.15) is 103 Å². The van der Waals surface area contributed by atoms with Crippen molar-refractivity contribution in [3.8, 4) is 17.2 Å². The molecule has 0 radical (unpaired) electrons. The summed E-state index contributed by atoms with van der Waals surface area (Å²) >= 11 is 0. The summed E-state index contributed by atoms with van der Waals surface area (Å²) in [5.74, 6) is 0.696. The number of amides is 4. The number of allylic oxidation sites excluding steroid dienone is 6. The number of fused-ring (bicyclic) bond motifs is 1. The second kappa shape index (κ2) is 18.6. The van der Waals surface area contributed by atoms with Crippen LogP contribution < -0.4 is 19.5 Å². The first-order valence-corrected chi connectivity index (χ1v) is 21.9. The monoisotopic (exact) mass is 843 g/mol. The lowest BCUT2D eigenvalue weighted by Crippen LogP contribution is -2.54. The lowest BCUT2D eigenvalue weighted by Gasteiger charge is -2.52. The highest BCUT2D eigenvalue weighted by Crippen LogP contribution is 2.49. The number of likely N-dealkylation sites (N-methyl/N-ethyl adjacent to an activating group) is 1. The third-order valence-electron chi connectivity index (χ3n) is 13.0. The van der Waals surface area contributed by atoms with E-state index in [9.17, 15) is 19.2 Å². The van der Waals surface area contributed by atoms with Gasteiger partial charge in [-0.1, -0.05) is 38.0 Å². The van der Waals surface area contributed by atoms with Gasteiger partial charge < -0.3 is 34.2 Å². The Balaban J connectivity index is 0.894. The van der Waals surface area contributed by atoms with Gasteiger partial charge in [-0.3, -0.25) is 24.1 Å². The molecule has 3 fully saturated rings. The molecular weight excluding hydrogens is 783 g/mol. The average molecular weight is 844 g/mol. The predicted octanol–water partition coefficient (Wildman–Crippen LogP) is 7.79. The maximum atomic E-state index is 13.5. The van der Waals surface area contributed by atoms with Crippen molar-refractivity contribution < 1.29 is 33.4 Å². The van der Waals surface area contributed by atoms with Crippen molar-refractivity contribution in [1.29, 1.82) is 0 Å². The topological polar surface area (TPSA) is 121 Å². The number of imide groups is 1. The lowest BCUT2D eigenvalue weighted by molar-refractivity contribution is -0.130. The Morgan fingerprint density at radius 2 is 1.81 bits per heavy atom. The molecule has 2 saturated heterocycles. The number of likely N-dealkylation sites (tertiary alicyclic amines) is 1. The highest BCUT2D eigenvalue weighted by atomic mass is 16.5. The van der Waals surface area contributed by atoms with Gasteiger partial charge in [0.05, 0.1) is 43.1 Å². The number of carbonyl (C=O) groups excluding carboxylic acids is 4. The summed E-state index contributed by atoms with van der Waals surface area (Å²) in [5.41, 5.74) is 7.07. The molecular formula is C50H61N5O7. The number of hydrogen-bond donors (Lipinski definition) is 1. The van der Waals surface area contributed by atoms with Gasteiger partial charge in [-0.05, 0) is 125 Å². The van der Waals surface area contributed by atoms with Crippen molar-refractivity contribution in [2.45, 2.75) is 90.3 Å². The van der Waals surface area contributed by atoms with Crippen molar-refractivity contribution in [2.24, 2.45) is 5.41 Å². The van der Waals surface area contributed by atoms with E-state index in [4.69, 9.17) is 14.2 Å². The molecule has 4 heterocycles. The van der Waals surface area contributed by atoms with Crippen LogP contribution in [0.15, 0.2) is 97.0 Å². The third kappa shape index (κ3) is 8.88. The highest BCUT2D eigenvalue weighted by molar-refractivity contribution is 6.23. The Morgan fingerprint density at radius 1 is 1.05 bits per heavy atom. The van der Waals surface area contributed by atoms with E-state index in [2.05, 4.69) is 42.2 Å². The van der Waals surface area contributed by atoms with Crippen LogP contribution in [0.2, 0.25) is 0 Å². The van der Waals surface area contributed by atoms with E-state index in [-0.39, 0.29) is 28.9 Å². The number of carbonyl (C=O) groups is 4. The van der Waals surface area contributed by atoms with Gasteiger partial charge >= 0.3 is 0 Å². The van der Waals surface area contributed by atoms with Crippen LogP contribution in [0.25, 0.3) is 5.57 Å². The molecule has 0 aromatic heterocycles. The van der Waals surface area contributed by atoms with Gasteiger partial charge in [0.2, 0.25) is 11.8 Å². The first-order chi connectivity index (χ1) is 29.8. The van der Waals surface area contributed by atoms with Crippen molar-refractivity contribution in [3.63, 3.8) is 0 Å². The summed E-state index contributed by atoms with van der Waals surface area (Å²) in [4.78, 5) is 60.0. The zero-order chi connectivity index (χ0) is 44.3. The van der Waals surface area contributed by atoms with Crippen molar-refractivity contribution in [1.82, 2.24) is 24.9 Å². The minimum Gasteiger partial charge on any atom is -0.496 e. The second-order valence-corrected chi connectivity index (χ2v) is 17.3. The number of hydrogen-bond acceptors (Lipinski definition) is 9. The van der Waals surface area contributed by atoms with E-state index in [1.165, 1.54) is 0 Å². The van der Waals surface area contributed by atoms with Crippen LogP contribution in [0.5, 0.6) is 17.2 Å². The van der Waals surface area contributed by atoms with Crippen molar-refractivity contribution in [3.05, 3.63) is 119 Å². The summed E-state index contributed by atoms with van der Waals surface area (Å²) in [6.07, 6.45) is 15.1. The quantitative estimate of drug-likeness (QED) is 0.142. The molecule has 1 aliphatic carbocycles. The minimum absolute atomic E-state index is 0.0295. The van der Waals surface area contributed by atoms with Gasteiger partial charge in [-0.2, -0.15) is 0 Å². The van der Waals surface area contributed by atoms with Crippen LogP contribution in [0, 0.1) is 5.41 Å². The van der Waals surface area contributed by atoms with Gasteiger partial charge in [-0.25, -0.2) is 0 Å². The predicted molar refractivity (Wildman–Crippen MR) is 240 cm³/mol. The Bertz CT molecular complexity index is 2270. The van der Waals surface area contributed by atoms with E-state index in [0.717, 1.165) is 96.6 Å². The van der Waals surface area contributed by atoms with Gasteiger partial charge in [-0.15, -0.1) is 0 Å². The molecule has 2 aromatic rings. The molecule has 5 aliphatic rings. The summed E-state index contributed by atoms with van der Waals surface area (Å²) in [6, 6.07) is 8.25. The molecule has 1 N–H and O–H groups in total. The average Bonchev–Trinajstić information content (AvgIpc) is 3.48. The van der Waals surface area contributed by atoms with E-state index in [0.29, 0.717) is 60.9 Å². The van der Waals surface area contributed by atoms with Gasteiger partial charge in [0.15, 0.2) is 0 Å². The van der Waals surface area contributed by atoms with Gasteiger partial charge in [0, 0.05) is 55.8 Å². The van der Waals surface area contributed by atoms with Crippen LogP contribution in [0.3, 0.4) is 0 Å². The first-order valence-electron chi connectivity index (χ1n) is 21.9. The Kier molecular flexibility index (Phi) is 13.3. The zero-order valence-corrected chi connectivity index (χ0v) is 37.0. The Hall–Kier alpha value is -5.88. The number of ether oxygens (including phenoxy) is 3. The maximum absolute atomic E-state index is 13.5. The standard InChI is InChI=1S/C50H61N5O7/c1-9-15-38-37(10-2)33(5)52(6)29-41(38)34-24-44(60-8)42(45(25-34)61-11-3)30-53(7)46(56)16-12-13-22-54-23-14-21-50(31-54)27-36(28-50)62-35-18-19-39-40(26-35)49(59)55(48(39)58)43-20-17-32(4)51-47(43)57/h9-10,15,18-19,24-26,29,36,43H,1,4-5,11-14,16-17,20-23,27-28,30-31H2,2-3,6-8H3,(H,51,57)/b37-10-,38-15+/t36?,43-,50?/m1/s1. The van der Waals surface area contributed by atoms with Crippen LogP contribution in [-0.2, 0) is 16.1 Å². The fourth-order valence-electron chi connectivity index (χ4n) is 9.83. The molecule has 12 nitrogen and oxygen atoms in total. The third-order valence-corrected chi connectivity index (χ3v) is 13.0. The molecule has 328 valence electrons. The molecule has 4 amide bonds. The first kappa shape index (κ1) is 44.2. The number of unbranched alkanes of at least 4 members (excludes halogenated alkanes) is 1. The number of nitrogens with zero attached hydrogens (tertiary/aromatic N) is 4. The van der Waals surface area contributed by atoms with Crippen LogP contribution in [0.4, 0.5) is 0 Å². The summed E-state index contributed by atoms with van der Waals surface area (Å²) in [5, 5.41) is 2.67. The molecule has 4 aliphatic heterocycles. The van der Waals surface area contributed by atoms with Crippen molar-refractivity contribution >= 4 is 29.2 Å². The molecule has 2 aromatic carbocycles. The summed E-state index contributed by atoms with van der Waals surface area (Å²) in [6.45, 7) is 19.8. The maximum Gasteiger partial charge on any atom is 0.262 e. The zero-order valence-electron chi connectivity index (χ0n) is 37.0. The second-order valence-electron chi connectivity index (χ2n) is 17.3. The SMILES string of the molecule is C=C/C=C1/C(c2cc(OC)c(CN(C)C(=O)CCCCN3CCCC4(CC(Oc5ccc6c(c5)C(=O)N([C@@H]5CCC(=C)NC5=O)C6=O)C4)C3)c(OCC)c2)=CN(C)C(=C)/C1=C/C. The molecule has 0 bridgehead atoms. The fourth-order valence-corrected chi connectivity index (χ4v) is 9.83. The van der Waals surface area contributed by atoms with Crippen LogP contribution in [-0.4, -0.2) is 103 Å². The number of piperidine rings is 2. The largest absolute Gasteiger partial charge is 0.496 e. The molecule has 1 saturated carbocycles. The van der Waals surface area contributed by atoms with E-state index in [1.54, 1.807) is 36.3 Å². The Morgan fingerprint density at radius 3 is 2.52 bits per heavy atom. The summed E-state index contributed by atoms with van der Waals surface area (Å²) < 4.78 is 18.5. The summed E-state index contributed by atoms with van der Waals surface area (Å²) in [7, 11) is 5.47. The van der Waals surface area contributed by atoms with Crippen molar-refractivity contribution in [2.75, 3.05) is 47.4 Å². The normalized spacial score (nSPS) is 24.0. The minimum atomic E-state index is -0.842. The number of nitrogens with one attached hydrogen (secondary N) is 1. The number of benzene rings is 2. The van der Waals surface area contributed by atoms with E-state index < -0.39 is 17.9 Å². The molecule has 1 atom stereocenters. The fraction of sp³-hybridized carbons (Fsp3) is 0.440. The Labute approximate surface area is 366 Å². The molecule has 0 unspecified atom stereocenters. The molecule has 12 heteroatoms. The van der Waals surface area contributed by atoms with E-state index in [1.807, 2.05) is 51.1 Å². The molecule has 62 heavy (non-hydrogen) atoms.